The molecule has 0 aromatic heterocycles. The van der Waals surface area contributed by atoms with E-state index in [0.29, 0.717) is 25.8 Å². The number of phenols is 1. The molecule has 0 saturated carbocycles. The molecule has 2 aromatic carbocycles. The molecule has 0 unspecified atom stereocenters. The third-order valence-corrected chi connectivity index (χ3v) is 4.71. The van der Waals surface area contributed by atoms with E-state index in [1.165, 1.54) is 6.08 Å². The number of hydrogen-bond acceptors (Lipinski definition) is 3. The van der Waals surface area contributed by atoms with Crippen LogP contribution in [0.25, 0.3) is 17.2 Å². The molecule has 0 heterocycles. The first-order chi connectivity index (χ1) is 10.9. The SMILES string of the molecule is C=Cc1ccc2c(c1-c1ccc(O)c(C)c1)C(=O)C(I)=CC2=O. The lowest BCUT2D eigenvalue weighted by molar-refractivity contribution is 0.0993. The highest BCUT2D eigenvalue weighted by molar-refractivity contribution is 14.1. The minimum absolute atomic E-state index is 0.162. The number of Topliss-reactive ketones (excluding diaryl/α,β-unsaturated/α-hetero) is 1. The molecular weight excluding hydrogens is 403 g/mol. The van der Waals surface area contributed by atoms with Crippen LogP contribution < -0.4 is 0 Å². The fourth-order valence-corrected chi connectivity index (χ4v) is 3.28. The highest BCUT2D eigenvalue weighted by Gasteiger charge is 2.28. The molecule has 0 spiro atoms. The number of carbonyl (C=O) groups is 2. The van der Waals surface area contributed by atoms with Gasteiger partial charge in [0.05, 0.1) is 3.58 Å². The van der Waals surface area contributed by atoms with Crippen LogP contribution in [0.15, 0.2) is 46.6 Å². The molecule has 114 valence electrons. The van der Waals surface area contributed by atoms with Crippen LogP contribution in [0, 0.1) is 6.92 Å². The number of allylic oxidation sites excluding steroid dienone is 2. The largest absolute Gasteiger partial charge is 0.508 e. The van der Waals surface area contributed by atoms with Crippen molar-refractivity contribution in [3.05, 3.63) is 68.8 Å². The quantitative estimate of drug-likeness (QED) is 0.722. The summed E-state index contributed by atoms with van der Waals surface area (Å²) < 4.78 is 0.401. The Balaban J connectivity index is 2.39. The van der Waals surface area contributed by atoms with Crippen molar-refractivity contribution in [3.8, 4) is 16.9 Å². The average Bonchev–Trinajstić information content (AvgIpc) is 2.54. The first-order valence-electron chi connectivity index (χ1n) is 6.99. The fourth-order valence-electron chi connectivity index (χ4n) is 2.73. The summed E-state index contributed by atoms with van der Waals surface area (Å²) in [6.07, 6.45) is 3.03. The molecule has 3 rings (SSSR count). The normalized spacial score (nSPS) is 13.6. The minimum Gasteiger partial charge on any atom is -0.508 e. The van der Waals surface area contributed by atoms with Crippen LogP contribution in [0.4, 0.5) is 0 Å². The van der Waals surface area contributed by atoms with Gasteiger partial charge in [-0.3, -0.25) is 9.59 Å². The maximum atomic E-state index is 12.7. The number of aromatic hydroxyl groups is 1. The van der Waals surface area contributed by atoms with Gasteiger partial charge in [-0.1, -0.05) is 24.8 Å². The molecule has 1 aliphatic rings. The zero-order valence-corrected chi connectivity index (χ0v) is 14.5. The van der Waals surface area contributed by atoms with Crippen LogP contribution in [0.2, 0.25) is 0 Å². The van der Waals surface area contributed by atoms with Crippen molar-refractivity contribution in [1.82, 2.24) is 0 Å². The average molecular weight is 416 g/mol. The number of fused-ring (bicyclic) bond motifs is 1. The van der Waals surface area contributed by atoms with Crippen LogP contribution in [-0.4, -0.2) is 16.7 Å². The molecule has 0 fully saturated rings. The van der Waals surface area contributed by atoms with Crippen molar-refractivity contribution < 1.29 is 14.7 Å². The van der Waals surface area contributed by atoms with Crippen molar-refractivity contribution >= 4 is 40.2 Å². The van der Waals surface area contributed by atoms with E-state index in [1.807, 2.05) is 22.6 Å². The molecule has 2 aromatic rings. The maximum absolute atomic E-state index is 12.7. The van der Waals surface area contributed by atoms with Gasteiger partial charge in [0.25, 0.3) is 0 Å². The zero-order chi connectivity index (χ0) is 16.7. The smallest absolute Gasteiger partial charge is 0.200 e. The summed E-state index contributed by atoms with van der Waals surface area (Å²) in [6, 6.07) is 8.60. The number of carbonyl (C=O) groups excluding carboxylic acids is 2. The number of halogens is 1. The summed E-state index contributed by atoms with van der Waals surface area (Å²) in [7, 11) is 0. The lowest BCUT2D eigenvalue weighted by atomic mass is 9.84. The molecule has 0 saturated heterocycles. The van der Waals surface area contributed by atoms with Crippen molar-refractivity contribution in [2.75, 3.05) is 0 Å². The van der Waals surface area contributed by atoms with Gasteiger partial charge in [-0.25, -0.2) is 0 Å². The number of phenolic OH excluding ortho intramolecular Hbond substituents is 1. The van der Waals surface area contributed by atoms with E-state index >= 15 is 0 Å². The first-order valence-corrected chi connectivity index (χ1v) is 8.07. The third kappa shape index (κ3) is 2.53. The first kappa shape index (κ1) is 15.7. The molecular formula is C19H13IO3. The summed E-state index contributed by atoms with van der Waals surface area (Å²) in [5.41, 5.74) is 3.75. The Morgan fingerprint density at radius 1 is 1.13 bits per heavy atom. The minimum atomic E-state index is -0.170. The molecule has 1 aliphatic carbocycles. The zero-order valence-electron chi connectivity index (χ0n) is 12.4. The molecule has 0 amide bonds. The van der Waals surface area contributed by atoms with Gasteiger partial charge in [-0.2, -0.15) is 0 Å². The molecule has 0 radical (unpaired) electrons. The Labute approximate surface area is 147 Å². The monoisotopic (exact) mass is 416 g/mol. The number of hydrogen-bond donors (Lipinski definition) is 1. The van der Waals surface area contributed by atoms with Crippen LogP contribution in [0.1, 0.15) is 31.8 Å². The fraction of sp³-hybridized carbons (Fsp3) is 0.0526. The topological polar surface area (TPSA) is 54.4 Å². The third-order valence-electron chi connectivity index (χ3n) is 3.91. The van der Waals surface area contributed by atoms with Gasteiger partial charge < -0.3 is 5.11 Å². The second-order valence-corrected chi connectivity index (χ2v) is 6.51. The van der Waals surface area contributed by atoms with Gasteiger partial charge in [0, 0.05) is 22.8 Å². The van der Waals surface area contributed by atoms with E-state index in [4.69, 9.17) is 0 Å². The molecule has 0 atom stereocenters. The summed E-state index contributed by atoms with van der Waals surface area (Å²) in [4.78, 5) is 24.9. The van der Waals surface area contributed by atoms with Crippen LogP contribution in [0.5, 0.6) is 5.75 Å². The van der Waals surface area contributed by atoms with Gasteiger partial charge in [0.15, 0.2) is 5.78 Å². The molecule has 4 heteroatoms. The molecule has 1 N–H and O–H groups in total. The lowest BCUT2D eigenvalue weighted by Crippen LogP contribution is -2.16. The van der Waals surface area contributed by atoms with Crippen LogP contribution in [-0.2, 0) is 0 Å². The predicted molar refractivity (Wildman–Crippen MR) is 99.1 cm³/mol. The van der Waals surface area contributed by atoms with E-state index < -0.39 is 0 Å². The summed E-state index contributed by atoms with van der Waals surface area (Å²) in [6.45, 7) is 5.60. The molecule has 0 bridgehead atoms. The Bertz CT molecular complexity index is 907. The number of benzene rings is 2. The summed E-state index contributed by atoms with van der Waals surface area (Å²) >= 11 is 1.89. The van der Waals surface area contributed by atoms with Crippen molar-refractivity contribution in [1.29, 1.82) is 0 Å². The molecule has 0 aliphatic heterocycles. The highest BCUT2D eigenvalue weighted by Crippen LogP contribution is 2.37. The molecule has 3 nitrogen and oxygen atoms in total. The van der Waals surface area contributed by atoms with Crippen molar-refractivity contribution in [2.45, 2.75) is 6.92 Å². The Morgan fingerprint density at radius 3 is 2.52 bits per heavy atom. The highest BCUT2D eigenvalue weighted by atomic mass is 127. The van der Waals surface area contributed by atoms with Gasteiger partial charge in [0.1, 0.15) is 5.75 Å². The lowest BCUT2D eigenvalue weighted by Gasteiger charge is -2.19. The van der Waals surface area contributed by atoms with E-state index in [1.54, 1.807) is 43.3 Å². The standard InChI is InChI=1S/C19H13IO3/c1-3-11-4-6-13-16(22)9-14(20)19(23)18(13)17(11)12-5-7-15(21)10(2)8-12/h3-9,21H,1H2,2H3. The maximum Gasteiger partial charge on any atom is 0.200 e. The molecule has 23 heavy (non-hydrogen) atoms. The summed E-state index contributed by atoms with van der Waals surface area (Å²) in [5.74, 6) is -0.142. The number of ketones is 2. The Morgan fingerprint density at radius 2 is 1.87 bits per heavy atom. The van der Waals surface area contributed by atoms with Crippen LogP contribution in [0.3, 0.4) is 0 Å². The van der Waals surface area contributed by atoms with Gasteiger partial charge in [-0.15, -0.1) is 0 Å². The van der Waals surface area contributed by atoms with E-state index in [2.05, 4.69) is 6.58 Å². The number of aryl methyl sites for hydroxylation is 1. The summed E-state index contributed by atoms with van der Waals surface area (Å²) in [5, 5.41) is 9.74. The second-order valence-electron chi connectivity index (χ2n) is 5.34. The van der Waals surface area contributed by atoms with Gasteiger partial charge >= 0.3 is 0 Å². The van der Waals surface area contributed by atoms with Gasteiger partial charge in [-0.05, 0) is 64.4 Å². The van der Waals surface area contributed by atoms with Crippen molar-refractivity contribution in [3.63, 3.8) is 0 Å². The predicted octanol–water partition coefficient (Wildman–Crippen LogP) is 4.71. The van der Waals surface area contributed by atoms with Crippen LogP contribution >= 0.6 is 22.6 Å². The number of rotatable bonds is 2. The van der Waals surface area contributed by atoms with E-state index in [-0.39, 0.29) is 17.3 Å². The Hall–Kier alpha value is -2.21. The van der Waals surface area contributed by atoms with Crippen molar-refractivity contribution in [2.24, 2.45) is 0 Å². The van der Waals surface area contributed by atoms with E-state index in [0.717, 1.165) is 11.1 Å². The Kier molecular flexibility index (Phi) is 3.93. The van der Waals surface area contributed by atoms with Gasteiger partial charge in [0.2, 0.25) is 5.78 Å². The van der Waals surface area contributed by atoms with E-state index in [9.17, 15) is 14.7 Å². The second kappa shape index (κ2) is 5.77.